The number of aromatic amines is 2. The Labute approximate surface area is 96.3 Å². The molecule has 0 spiro atoms. The third-order valence-corrected chi connectivity index (χ3v) is 2.67. The number of fused-ring (bicyclic) bond motifs is 1. The lowest BCUT2D eigenvalue weighted by atomic mass is 10.0. The van der Waals surface area contributed by atoms with Crippen LogP contribution in [-0.2, 0) is 0 Å². The molecule has 4 N–H and O–H groups in total. The van der Waals surface area contributed by atoms with Crippen molar-refractivity contribution in [1.29, 1.82) is 0 Å². The number of nitrogens with one attached hydrogen (secondary N) is 2. The number of aromatic nitrogens is 3. The Bertz CT molecular complexity index is 741. The third-order valence-electron chi connectivity index (χ3n) is 2.67. The highest BCUT2D eigenvalue weighted by Gasteiger charge is 2.07. The van der Waals surface area contributed by atoms with Gasteiger partial charge >= 0.3 is 5.69 Å². The van der Waals surface area contributed by atoms with Gasteiger partial charge in [0.05, 0.1) is 0 Å². The molecule has 0 radical (unpaired) electrons. The fourth-order valence-electron chi connectivity index (χ4n) is 1.86. The standard InChI is InChI=1S/C12H10N4O/c13-10-6-8-4-2-1-3-7(8)5-9(10)11-14-12(17)16-15-11/h1-6H,13H2,(H2,14,15,16,17). The van der Waals surface area contributed by atoms with Crippen LogP contribution in [0.25, 0.3) is 22.2 Å². The average Bonchev–Trinajstić information content (AvgIpc) is 2.75. The van der Waals surface area contributed by atoms with Crippen molar-refractivity contribution < 1.29 is 0 Å². The molecule has 0 saturated carbocycles. The molecule has 2 aromatic carbocycles. The number of anilines is 1. The molecular weight excluding hydrogens is 216 g/mol. The zero-order valence-corrected chi connectivity index (χ0v) is 8.90. The normalized spacial score (nSPS) is 10.8. The minimum Gasteiger partial charge on any atom is -0.398 e. The molecule has 5 heteroatoms. The molecule has 0 saturated heterocycles. The summed E-state index contributed by atoms with van der Waals surface area (Å²) in [6.07, 6.45) is 0. The molecular formula is C12H10N4O. The average molecular weight is 226 g/mol. The molecule has 0 atom stereocenters. The number of nitrogen functional groups attached to an aromatic ring is 1. The van der Waals surface area contributed by atoms with Crippen LogP contribution >= 0.6 is 0 Å². The number of benzene rings is 2. The van der Waals surface area contributed by atoms with E-state index in [0.717, 1.165) is 16.3 Å². The predicted octanol–water partition coefficient (Wildman–Crippen LogP) is 1.50. The zero-order chi connectivity index (χ0) is 11.8. The summed E-state index contributed by atoms with van der Waals surface area (Å²) in [5, 5.41) is 8.32. The van der Waals surface area contributed by atoms with Crippen molar-refractivity contribution in [2.24, 2.45) is 0 Å². The van der Waals surface area contributed by atoms with E-state index in [1.807, 2.05) is 36.4 Å². The third kappa shape index (κ3) is 1.57. The Morgan fingerprint density at radius 3 is 2.47 bits per heavy atom. The smallest absolute Gasteiger partial charge is 0.340 e. The summed E-state index contributed by atoms with van der Waals surface area (Å²) in [6.45, 7) is 0. The number of H-pyrrole nitrogens is 2. The molecule has 0 unspecified atom stereocenters. The maximum Gasteiger partial charge on any atom is 0.340 e. The first-order chi connectivity index (χ1) is 8.24. The molecule has 5 nitrogen and oxygen atoms in total. The van der Waals surface area contributed by atoms with Crippen molar-refractivity contribution >= 4 is 16.5 Å². The van der Waals surface area contributed by atoms with E-state index in [0.29, 0.717) is 11.5 Å². The van der Waals surface area contributed by atoms with Gasteiger partial charge in [-0.3, -0.25) is 4.98 Å². The van der Waals surface area contributed by atoms with Gasteiger partial charge in [0.15, 0.2) is 5.82 Å². The van der Waals surface area contributed by atoms with E-state index in [4.69, 9.17) is 5.73 Å². The van der Waals surface area contributed by atoms with Crippen LogP contribution in [0, 0.1) is 0 Å². The molecule has 0 aliphatic carbocycles. The molecule has 0 bridgehead atoms. The summed E-state index contributed by atoms with van der Waals surface area (Å²) >= 11 is 0. The van der Waals surface area contributed by atoms with Crippen LogP contribution in [-0.4, -0.2) is 15.2 Å². The maximum atomic E-state index is 11.0. The fraction of sp³-hybridized carbons (Fsp3) is 0. The van der Waals surface area contributed by atoms with E-state index in [9.17, 15) is 4.79 Å². The predicted molar refractivity (Wildman–Crippen MR) is 66.6 cm³/mol. The van der Waals surface area contributed by atoms with Crippen LogP contribution < -0.4 is 11.4 Å². The van der Waals surface area contributed by atoms with Crippen LogP contribution in [0.4, 0.5) is 5.69 Å². The first kappa shape index (κ1) is 9.65. The van der Waals surface area contributed by atoms with E-state index >= 15 is 0 Å². The van der Waals surface area contributed by atoms with Gasteiger partial charge in [-0.05, 0) is 22.9 Å². The van der Waals surface area contributed by atoms with Crippen molar-refractivity contribution in [2.75, 3.05) is 5.73 Å². The summed E-state index contributed by atoms with van der Waals surface area (Å²) in [6, 6.07) is 11.7. The molecule has 1 heterocycles. The largest absolute Gasteiger partial charge is 0.398 e. The summed E-state index contributed by atoms with van der Waals surface area (Å²) in [7, 11) is 0. The summed E-state index contributed by atoms with van der Waals surface area (Å²) in [5.41, 5.74) is 6.93. The molecule has 17 heavy (non-hydrogen) atoms. The molecule has 0 aliphatic rings. The van der Waals surface area contributed by atoms with E-state index in [1.165, 1.54) is 0 Å². The number of hydrogen-bond acceptors (Lipinski definition) is 3. The van der Waals surface area contributed by atoms with E-state index < -0.39 is 0 Å². The van der Waals surface area contributed by atoms with Crippen LogP contribution in [0.5, 0.6) is 0 Å². The van der Waals surface area contributed by atoms with Crippen LogP contribution in [0.1, 0.15) is 0 Å². The maximum absolute atomic E-state index is 11.0. The van der Waals surface area contributed by atoms with Crippen molar-refractivity contribution in [2.45, 2.75) is 0 Å². The van der Waals surface area contributed by atoms with Gasteiger partial charge in [-0.2, -0.15) is 5.10 Å². The second kappa shape index (κ2) is 3.48. The van der Waals surface area contributed by atoms with Gasteiger partial charge in [0.2, 0.25) is 0 Å². The van der Waals surface area contributed by atoms with Gasteiger partial charge in [-0.1, -0.05) is 24.3 Å². The topological polar surface area (TPSA) is 87.6 Å². The number of rotatable bonds is 1. The Balaban J connectivity index is 2.29. The summed E-state index contributed by atoms with van der Waals surface area (Å²) in [4.78, 5) is 13.6. The molecule has 3 aromatic rings. The minimum absolute atomic E-state index is 0.340. The van der Waals surface area contributed by atoms with E-state index in [2.05, 4.69) is 15.2 Å². The van der Waals surface area contributed by atoms with Gasteiger partial charge in [0, 0.05) is 11.3 Å². The Morgan fingerprint density at radius 1 is 1.12 bits per heavy atom. The summed E-state index contributed by atoms with van der Waals surface area (Å²) in [5.74, 6) is 0.457. The summed E-state index contributed by atoms with van der Waals surface area (Å²) < 4.78 is 0. The van der Waals surface area contributed by atoms with Crippen molar-refractivity contribution in [3.63, 3.8) is 0 Å². The van der Waals surface area contributed by atoms with Crippen LogP contribution in [0.15, 0.2) is 41.2 Å². The van der Waals surface area contributed by atoms with Crippen LogP contribution in [0.2, 0.25) is 0 Å². The molecule has 0 aliphatic heterocycles. The lowest BCUT2D eigenvalue weighted by Gasteiger charge is -2.04. The quantitative estimate of drug-likeness (QED) is 0.549. The first-order valence-electron chi connectivity index (χ1n) is 5.17. The van der Waals surface area contributed by atoms with Gasteiger partial charge in [0.25, 0.3) is 0 Å². The Hall–Kier alpha value is -2.56. The van der Waals surface area contributed by atoms with Crippen molar-refractivity contribution in [3.8, 4) is 11.4 Å². The SMILES string of the molecule is Nc1cc2ccccc2cc1-c1n[nH]c(=O)[nH]1. The molecule has 3 rings (SSSR count). The lowest BCUT2D eigenvalue weighted by Crippen LogP contribution is -2.00. The van der Waals surface area contributed by atoms with Gasteiger partial charge in [0.1, 0.15) is 0 Å². The van der Waals surface area contributed by atoms with E-state index in [-0.39, 0.29) is 5.69 Å². The van der Waals surface area contributed by atoms with Crippen LogP contribution in [0.3, 0.4) is 0 Å². The highest BCUT2D eigenvalue weighted by Crippen LogP contribution is 2.27. The first-order valence-corrected chi connectivity index (χ1v) is 5.17. The molecule has 0 amide bonds. The van der Waals surface area contributed by atoms with Gasteiger partial charge in [-0.25, -0.2) is 9.89 Å². The molecule has 84 valence electrons. The highest BCUT2D eigenvalue weighted by atomic mass is 16.1. The fourth-order valence-corrected chi connectivity index (χ4v) is 1.86. The minimum atomic E-state index is -0.340. The Kier molecular flexibility index (Phi) is 1.98. The van der Waals surface area contributed by atoms with Crippen molar-refractivity contribution in [3.05, 3.63) is 46.9 Å². The molecule has 0 fully saturated rings. The molecule has 1 aromatic heterocycles. The monoisotopic (exact) mass is 226 g/mol. The van der Waals surface area contributed by atoms with E-state index in [1.54, 1.807) is 0 Å². The van der Waals surface area contributed by atoms with Crippen molar-refractivity contribution in [1.82, 2.24) is 15.2 Å². The highest BCUT2D eigenvalue weighted by molar-refractivity contribution is 5.92. The second-order valence-corrected chi connectivity index (χ2v) is 3.81. The van der Waals surface area contributed by atoms with Gasteiger partial charge < -0.3 is 5.73 Å². The zero-order valence-electron chi connectivity index (χ0n) is 8.90. The number of nitrogens with two attached hydrogens (primary N) is 1. The lowest BCUT2D eigenvalue weighted by molar-refractivity contribution is 1.05. The number of hydrogen-bond donors (Lipinski definition) is 3. The second-order valence-electron chi connectivity index (χ2n) is 3.81. The van der Waals surface area contributed by atoms with Gasteiger partial charge in [-0.15, -0.1) is 0 Å². The Morgan fingerprint density at radius 2 is 1.82 bits per heavy atom. The number of nitrogens with zero attached hydrogens (tertiary/aromatic N) is 1.